The fourth-order valence-electron chi connectivity index (χ4n) is 1.46. The topological polar surface area (TPSA) is 83.8 Å². The molecule has 5 nitrogen and oxygen atoms in total. The minimum atomic E-state index is -0.166. The van der Waals surface area contributed by atoms with E-state index in [9.17, 15) is 4.79 Å². The predicted molar refractivity (Wildman–Crippen MR) is 58.8 cm³/mol. The normalized spacial score (nSPS) is 10.7. The second-order valence-electron chi connectivity index (χ2n) is 3.81. The Labute approximate surface area is 89.4 Å². The molecule has 1 aromatic heterocycles. The van der Waals surface area contributed by atoms with E-state index in [0.717, 1.165) is 11.3 Å². The SMILES string of the molecule is Cc1c(C(=O)NCCN)n[nH]c1C(C)C. The molecule has 0 unspecified atom stereocenters. The Bertz CT molecular complexity index is 343. The van der Waals surface area contributed by atoms with Crippen molar-refractivity contribution in [1.29, 1.82) is 0 Å². The molecule has 1 amide bonds. The summed E-state index contributed by atoms with van der Waals surface area (Å²) in [7, 11) is 0. The lowest BCUT2D eigenvalue weighted by Crippen LogP contribution is -2.29. The van der Waals surface area contributed by atoms with Gasteiger partial charge in [0.05, 0.1) is 0 Å². The van der Waals surface area contributed by atoms with Crippen LogP contribution in [0.15, 0.2) is 0 Å². The van der Waals surface area contributed by atoms with E-state index in [1.807, 2.05) is 6.92 Å². The molecule has 0 saturated carbocycles. The van der Waals surface area contributed by atoms with E-state index in [1.165, 1.54) is 0 Å². The highest BCUT2D eigenvalue weighted by Crippen LogP contribution is 2.18. The van der Waals surface area contributed by atoms with Crippen molar-refractivity contribution >= 4 is 5.91 Å². The number of amides is 1. The van der Waals surface area contributed by atoms with Crippen molar-refractivity contribution in [2.45, 2.75) is 26.7 Å². The maximum Gasteiger partial charge on any atom is 0.272 e. The van der Waals surface area contributed by atoms with Gasteiger partial charge < -0.3 is 11.1 Å². The molecule has 5 heteroatoms. The summed E-state index contributed by atoms with van der Waals surface area (Å²) in [4.78, 5) is 11.6. The van der Waals surface area contributed by atoms with Gasteiger partial charge in [-0.2, -0.15) is 5.10 Å². The summed E-state index contributed by atoms with van der Waals surface area (Å²) in [6.07, 6.45) is 0. The van der Waals surface area contributed by atoms with Gasteiger partial charge in [-0.15, -0.1) is 0 Å². The van der Waals surface area contributed by atoms with Crippen LogP contribution < -0.4 is 11.1 Å². The second kappa shape index (κ2) is 4.93. The maximum absolute atomic E-state index is 11.6. The Kier molecular flexibility index (Phi) is 3.85. The van der Waals surface area contributed by atoms with E-state index in [1.54, 1.807) is 0 Å². The fraction of sp³-hybridized carbons (Fsp3) is 0.600. The lowest BCUT2D eigenvalue weighted by atomic mass is 10.1. The molecule has 0 aromatic carbocycles. The first-order valence-electron chi connectivity index (χ1n) is 5.11. The molecule has 0 radical (unpaired) electrons. The standard InChI is InChI=1S/C10H18N4O/c1-6(2)8-7(3)9(14-13-8)10(15)12-5-4-11/h6H,4-5,11H2,1-3H3,(H,12,15)(H,13,14). The molecule has 0 aliphatic carbocycles. The van der Waals surface area contributed by atoms with Gasteiger partial charge in [0.25, 0.3) is 5.91 Å². The van der Waals surface area contributed by atoms with Crippen LogP contribution >= 0.6 is 0 Å². The summed E-state index contributed by atoms with van der Waals surface area (Å²) >= 11 is 0. The van der Waals surface area contributed by atoms with E-state index >= 15 is 0 Å². The Balaban J connectivity index is 2.82. The summed E-state index contributed by atoms with van der Waals surface area (Å²) in [6.45, 7) is 6.93. The minimum Gasteiger partial charge on any atom is -0.349 e. The molecule has 0 atom stereocenters. The fourth-order valence-corrected chi connectivity index (χ4v) is 1.46. The molecule has 0 bridgehead atoms. The molecule has 0 saturated heterocycles. The third kappa shape index (κ3) is 2.56. The maximum atomic E-state index is 11.6. The molecule has 4 N–H and O–H groups in total. The van der Waals surface area contributed by atoms with Crippen LogP contribution in [0.25, 0.3) is 0 Å². The molecule has 1 heterocycles. The molecular weight excluding hydrogens is 192 g/mol. The van der Waals surface area contributed by atoms with Crippen molar-refractivity contribution in [2.24, 2.45) is 5.73 Å². The highest BCUT2D eigenvalue weighted by molar-refractivity contribution is 5.93. The van der Waals surface area contributed by atoms with Crippen LogP contribution in [-0.2, 0) is 0 Å². The van der Waals surface area contributed by atoms with E-state index in [2.05, 4.69) is 29.4 Å². The van der Waals surface area contributed by atoms with Crippen LogP contribution in [-0.4, -0.2) is 29.2 Å². The van der Waals surface area contributed by atoms with Gasteiger partial charge in [0, 0.05) is 24.3 Å². The van der Waals surface area contributed by atoms with Gasteiger partial charge in [-0.1, -0.05) is 13.8 Å². The molecule has 0 aliphatic heterocycles. The molecule has 1 aromatic rings. The van der Waals surface area contributed by atoms with Crippen LogP contribution in [0.5, 0.6) is 0 Å². The van der Waals surface area contributed by atoms with Gasteiger partial charge in [0.15, 0.2) is 5.69 Å². The number of nitrogens with zero attached hydrogens (tertiary/aromatic N) is 1. The number of hydrogen-bond donors (Lipinski definition) is 3. The number of nitrogens with one attached hydrogen (secondary N) is 2. The van der Waals surface area contributed by atoms with Gasteiger partial charge >= 0.3 is 0 Å². The largest absolute Gasteiger partial charge is 0.349 e. The Morgan fingerprint density at radius 2 is 2.27 bits per heavy atom. The Hall–Kier alpha value is -1.36. The minimum absolute atomic E-state index is 0.166. The molecule has 1 rings (SSSR count). The summed E-state index contributed by atoms with van der Waals surface area (Å²) in [6, 6.07) is 0. The first kappa shape index (κ1) is 11.7. The number of carbonyl (C=O) groups excluding carboxylic acids is 1. The van der Waals surface area contributed by atoms with Crippen LogP contribution in [0.2, 0.25) is 0 Å². The first-order valence-corrected chi connectivity index (χ1v) is 5.11. The summed E-state index contributed by atoms with van der Waals surface area (Å²) < 4.78 is 0. The number of nitrogens with two attached hydrogens (primary N) is 1. The average molecular weight is 210 g/mol. The van der Waals surface area contributed by atoms with E-state index in [4.69, 9.17) is 5.73 Å². The number of carbonyl (C=O) groups is 1. The monoisotopic (exact) mass is 210 g/mol. The lowest BCUT2D eigenvalue weighted by Gasteiger charge is -2.03. The summed E-state index contributed by atoms with van der Waals surface area (Å²) in [5, 5.41) is 9.60. The average Bonchev–Trinajstić information content (AvgIpc) is 2.56. The highest BCUT2D eigenvalue weighted by Gasteiger charge is 2.16. The summed E-state index contributed by atoms with van der Waals surface area (Å²) in [5.41, 5.74) is 7.69. The number of aromatic nitrogens is 2. The Morgan fingerprint density at radius 1 is 1.60 bits per heavy atom. The van der Waals surface area contributed by atoms with Crippen molar-refractivity contribution < 1.29 is 4.79 Å². The highest BCUT2D eigenvalue weighted by atomic mass is 16.1. The van der Waals surface area contributed by atoms with Crippen LogP contribution in [0.1, 0.15) is 41.5 Å². The third-order valence-corrected chi connectivity index (χ3v) is 2.27. The Morgan fingerprint density at radius 3 is 2.73 bits per heavy atom. The third-order valence-electron chi connectivity index (χ3n) is 2.27. The van der Waals surface area contributed by atoms with Gasteiger partial charge in [-0.05, 0) is 12.8 Å². The number of hydrogen-bond acceptors (Lipinski definition) is 3. The van der Waals surface area contributed by atoms with Crippen molar-refractivity contribution in [2.75, 3.05) is 13.1 Å². The number of rotatable bonds is 4. The van der Waals surface area contributed by atoms with Crippen LogP contribution in [0.4, 0.5) is 0 Å². The van der Waals surface area contributed by atoms with Crippen molar-refractivity contribution in [3.63, 3.8) is 0 Å². The van der Waals surface area contributed by atoms with Crippen molar-refractivity contribution in [1.82, 2.24) is 15.5 Å². The summed E-state index contributed by atoms with van der Waals surface area (Å²) in [5.74, 6) is 0.176. The van der Waals surface area contributed by atoms with E-state index in [-0.39, 0.29) is 5.91 Å². The number of aromatic amines is 1. The second-order valence-corrected chi connectivity index (χ2v) is 3.81. The van der Waals surface area contributed by atoms with Gasteiger partial charge in [0.2, 0.25) is 0 Å². The molecule has 15 heavy (non-hydrogen) atoms. The zero-order valence-electron chi connectivity index (χ0n) is 9.42. The van der Waals surface area contributed by atoms with Crippen molar-refractivity contribution in [3.05, 3.63) is 17.0 Å². The molecular formula is C10H18N4O. The lowest BCUT2D eigenvalue weighted by molar-refractivity contribution is 0.0949. The number of H-pyrrole nitrogens is 1. The van der Waals surface area contributed by atoms with Crippen LogP contribution in [0, 0.1) is 6.92 Å². The molecule has 0 aliphatic rings. The molecule has 0 fully saturated rings. The van der Waals surface area contributed by atoms with Gasteiger partial charge in [0.1, 0.15) is 0 Å². The quantitative estimate of drug-likeness (QED) is 0.677. The van der Waals surface area contributed by atoms with Gasteiger partial charge in [-0.3, -0.25) is 9.89 Å². The van der Waals surface area contributed by atoms with Gasteiger partial charge in [-0.25, -0.2) is 0 Å². The molecule has 0 spiro atoms. The zero-order chi connectivity index (χ0) is 11.4. The van der Waals surface area contributed by atoms with E-state index < -0.39 is 0 Å². The zero-order valence-corrected chi connectivity index (χ0v) is 9.42. The van der Waals surface area contributed by atoms with E-state index in [0.29, 0.717) is 24.7 Å². The molecule has 84 valence electrons. The van der Waals surface area contributed by atoms with Crippen molar-refractivity contribution in [3.8, 4) is 0 Å². The smallest absolute Gasteiger partial charge is 0.272 e. The first-order chi connectivity index (χ1) is 7.07. The predicted octanol–water partition coefficient (Wildman–Crippen LogP) is 0.530. The van der Waals surface area contributed by atoms with Crippen LogP contribution in [0.3, 0.4) is 0 Å².